The van der Waals surface area contributed by atoms with E-state index in [2.05, 4.69) is 34.7 Å². The summed E-state index contributed by atoms with van der Waals surface area (Å²) >= 11 is 0. The van der Waals surface area contributed by atoms with Crippen LogP contribution in [0.2, 0.25) is 0 Å². The molecule has 0 amide bonds. The third kappa shape index (κ3) is 1.65. The van der Waals surface area contributed by atoms with E-state index in [9.17, 15) is 5.11 Å². The Bertz CT molecular complexity index is 616. The highest BCUT2D eigenvalue weighted by atomic mass is 16.3. The number of rotatable bonds is 1. The van der Waals surface area contributed by atoms with Crippen LogP contribution in [0, 0.1) is 5.92 Å². The first-order valence-electron chi connectivity index (χ1n) is 7.24. The van der Waals surface area contributed by atoms with Gasteiger partial charge in [0, 0.05) is 35.6 Å². The molecule has 1 aromatic heterocycles. The topological polar surface area (TPSA) is 48.0 Å². The Morgan fingerprint density at radius 1 is 1.37 bits per heavy atom. The lowest BCUT2D eigenvalue weighted by Gasteiger charge is -2.41. The summed E-state index contributed by atoms with van der Waals surface area (Å²) in [6.07, 6.45) is 4.14. The second-order valence-corrected chi connectivity index (χ2v) is 6.15. The third-order valence-corrected chi connectivity index (χ3v) is 5.03. The van der Waals surface area contributed by atoms with Gasteiger partial charge in [0.1, 0.15) is 0 Å². The van der Waals surface area contributed by atoms with E-state index in [1.165, 1.54) is 22.0 Å². The molecule has 19 heavy (non-hydrogen) atoms. The first-order chi connectivity index (χ1) is 9.24. The Hall–Kier alpha value is -1.32. The van der Waals surface area contributed by atoms with E-state index in [1.807, 2.05) is 6.92 Å². The lowest BCUT2D eigenvalue weighted by Crippen LogP contribution is -2.49. The molecule has 3 N–H and O–H groups in total. The smallest absolute Gasteiger partial charge is 0.0552 e. The van der Waals surface area contributed by atoms with Gasteiger partial charge in [-0.3, -0.25) is 0 Å². The lowest BCUT2D eigenvalue weighted by molar-refractivity contribution is 0.0913. The zero-order valence-electron chi connectivity index (χ0n) is 11.2. The Balaban J connectivity index is 1.80. The summed E-state index contributed by atoms with van der Waals surface area (Å²) in [4.78, 5) is 3.39. The third-order valence-electron chi connectivity index (χ3n) is 5.03. The van der Waals surface area contributed by atoms with Gasteiger partial charge in [-0.1, -0.05) is 12.1 Å². The molecular weight excluding hydrogens is 236 g/mol. The highest BCUT2D eigenvalue weighted by Crippen LogP contribution is 2.42. The van der Waals surface area contributed by atoms with Gasteiger partial charge in [0.25, 0.3) is 0 Å². The highest BCUT2D eigenvalue weighted by molar-refractivity contribution is 5.88. The molecule has 2 aliphatic rings. The van der Waals surface area contributed by atoms with Gasteiger partial charge in [-0.05, 0) is 42.9 Å². The van der Waals surface area contributed by atoms with Gasteiger partial charge >= 0.3 is 0 Å². The summed E-state index contributed by atoms with van der Waals surface area (Å²) in [5.74, 6) is 0.914. The Morgan fingerprint density at radius 3 is 3.11 bits per heavy atom. The van der Waals surface area contributed by atoms with Crippen LogP contribution < -0.4 is 5.32 Å². The summed E-state index contributed by atoms with van der Waals surface area (Å²) in [5, 5.41) is 15.0. The maximum atomic E-state index is 9.87. The minimum atomic E-state index is -0.222. The van der Waals surface area contributed by atoms with Crippen molar-refractivity contribution in [2.24, 2.45) is 5.92 Å². The van der Waals surface area contributed by atoms with Crippen molar-refractivity contribution in [3.63, 3.8) is 0 Å². The fourth-order valence-electron chi connectivity index (χ4n) is 3.94. The van der Waals surface area contributed by atoms with E-state index in [4.69, 9.17) is 0 Å². The molecular formula is C16H20N2O. The van der Waals surface area contributed by atoms with Gasteiger partial charge in [-0.2, -0.15) is 0 Å². The van der Waals surface area contributed by atoms with Gasteiger partial charge in [0.05, 0.1) is 6.10 Å². The molecule has 100 valence electrons. The van der Waals surface area contributed by atoms with Crippen molar-refractivity contribution < 1.29 is 5.11 Å². The largest absolute Gasteiger partial charge is 0.393 e. The van der Waals surface area contributed by atoms with Gasteiger partial charge < -0.3 is 15.4 Å². The summed E-state index contributed by atoms with van der Waals surface area (Å²) < 4.78 is 0. The van der Waals surface area contributed by atoms with Crippen molar-refractivity contribution in [1.82, 2.24) is 10.3 Å². The number of H-pyrrole nitrogens is 1. The van der Waals surface area contributed by atoms with Crippen LogP contribution in [0.1, 0.15) is 30.4 Å². The molecule has 1 unspecified atom stereocenters. The molecule has 1 aliphatic heterocycles. The molecule has 2 heterocycles. The van der Waals surface area contributed by atoms with Gasteiger partial charge in [0.15, 0.2) is 0 Å². The number of aromatic amines is 1. The predicted octanol–water partition coefficient (Wildman–Crippen LogP) is 2.17. The van der Waals surface area contributed by atoms with Crippen molar-refractivity contribution in [1.29, 1.82) is 0 Å². The molecule has 0 saturated carbocycles. The molecule has 1 fully saturated rings. The van der Waals surface area contributed by atoms with Crippen LogP contribution in [-0.4, -0.2) is 28.8 Å². The second kappa shape index (κ2) is 4.09. The van der Waals surface area contributed by atoms with Crippen LogP contribution in [0.3, 0.4) is 0 Å². The molecule has 0 radical (unpaired) electrons. The average molecular weight is 256 g/mol. The molecule has 2 aromatic rings. The molecule has 0 bridgehead atoms. The van der Waals surface area contributed by atoms with Crippen LogP contribution in [0.15, 0.2) is 24.4 Å². The maximum Gasteiger partial charge on any atom is 0.0552 e. The van der Waals surface area contributed by atoms with E-state index in [-0.39, 0.29) is 6.10 Å². The second-order valence-electron chi connectivity index (χ2n) is 6.15. The Labute approximate surface area is 113 Å². The predicted molar refractivity (Wildman–Crippen MR) is 76.3 cm³/mol. The van der Waals surface area contributed by atoms with Crippen molar-refractivity contribution in [2.45, 2.75) is 37.8 Å². The number of piperidine rings is 1. The van der Waals surface area contributed by atoms with Gasteiger partial charge in [-0.25, -0.2) is 0 Å². The number of nitrogens with one attached hydrogen (secondary N) is 2. The number of aliphatic hydroxyl groups excluding tert-OH is 1. The van der Waals surface area contributed by atoms with Crippen molar-refractivity contribution >= 4 is 10.9 Å². The fraction of sp³-hybridized carbons (Fsp3) is 0.500. The first kappa shape index (κ1) is 11.5. The van der Waals surface area contributed by atoms with Crippen LogP contribution in [0.25, 0.3) is 10.9 Å². The van der Waals surface area contributed by atoms with E-state index in [0.29, 0.717) is 17.9 Å². The standard InChI is InChI=1S/C16H20N2O/c1-9(19)10-5-13-12-3-2-4-14-16(12)11(8-17-14)6-15(13)18-7-10/h2-4,8-10,13,15,17-19H,5-7H2,1H3/t9?,10-,13-,15-/m1/s1. The monoisotopic (exact) mass is 256 g/mol. The van der Waals surface area contributed by atoms with E-state index >= 15 is 0 Å². The molecule has 4 atom stereocenters. The minimum Gasteiger partial charge on any atom is -0.393 e. The van der Waals surface area contributed by atoms with Crippen LogP contribution in [0.4, 0.5) is 0 Å². The quantitative estimate of drug-likeness (QED) is 0.732. The summed E-state index contributed by atoms with van der Waals surface area (Å²) in [7, 11) is 0. The fourth-order valence-corrected chi connectivity index (χ4v) is 3.94. The van der Waals surface area contributed by atoms with Crippen LogP contribution >= 0.6 is 0 Å². The number of hydrogen-bond acceptors (Lipinski definition) is 2. The van der Waals surface area contributed by atoms with Gasteiger partial charge in [0.2, 0.25) is 0 Å². The molecule has 1 saturated heterocycles. The van der Waals surface area contributed by atoms with Crippen molar-refractivity contribution in [3.05, 3.63) is 35.5 Å². The van der Waals surface area contributed by atoms with E-state index in [1.54, 1.807) is 0 Å². The number of aliphatic hydroxyl groups is 1. The molecule has 4 rings (SSSR count). The number of hydrogen-bond donors (Lipinski definition) is 3. The van der Waals surface area contributed by atoms with Crippen molar-refractivity contribution in [2.75, 3.05) is 6.54 Å². The molecule has 3 nitrogen and oxygen atoms in total. The summed E-state index contributed by atoms with van der Waals surface area (Å²) in [5.41, 5.74) is 4.16. The normalized spacial score (nSPS) is 31.2. The summed E-state index contributed by atoms with van der Waals surface area (Å²) in [6.45, 7) is 2.85. The van der Waals surface area contributed by atoms with Crippen LogP contribution in [-0.2, 0) is 6.42 Å². The average Bonchev–Trinajstić information content (AvgIpc) is 2.83. The SMILES string of the molecule is CC(O)[C@H]1CN[C@@H]2Cc3c[nH]c4cccc(c34)[C@H]2C1. The van der Waals surface area contributed by atoms with Crippen LogP contribution in [0.5, 0.6) is 0 Å². The Morgan fingerprint density at radius 2 is 2.26 bits per heavy atom. The zero-order chi connectivity index (χ0) is 13.0. The number of fused-ring (bicyclic) bond motifs is 2. The number of benzene rings is 1. The maximum absolute atomic E-state index is 9.87. The number of aromatic nitrogens is 1. The van der Waals surface area contributed by atoms with E-state index in [0.717, 1.165) is 19.4 Å². The molecule has 1 aromatic carbocycles. The lowest BCUT2D eigenvalue weighted by atomic mass is 9.72. The molecule has 1 aliphatic carbocycles. The minimum absolute atomic E-state index is 0.222. The van der Waals surface area contributed by atoms with Gasteiger partial charge in [-0.15, -0.1) is 0 Å². The zero-order valence-corrected chi connectivity index (χ0v) is 11.2. The van der Waals surface area contributed by atoms with E-state index < -0.39 is 0 Å². The first-order valence-corrected chi connectivity index (χ1v) is 7.24. The summed E-state index contributed by atoms with van der Waals surface area (Å²) in [6, 6.07) is 7.10. The van der Waals surface area contributed by atoms with Crippen molar-refractivity contribution in [3.8, 4) is 0 Å². The Kier molecular flexibility index (Phi) is 2.47. The molecule has 0 spiro atoms. The molecule has 3 heteroatoms. The highest BCUT2D eigenvalue weighted by Gasteiger charge is 2.37.